The van der Waals surface area contributed by atoms with Gasteiger partial charge in [-0.15, -0.1) is 0 Å². The van der Waals surface area contributed by atoms with E-state index in [1.54, 1.807) is 30.3 Å². The van der Waals surface area contributed by atoms with Crippen LogP contribution in [-0.4, -0.2) is 17.1 Å². The molecule has 0 fully saturated rings. The lowest BCUT2D eigenvalue weighted by molar-refractivity contribution is 0.251. The Hall–Kier alpha value is -2.73. The average Bonchev–Trinajstić information content (AvgIpc) is 2.85. The number of rotatable bonds is 4. The molecule has 0 bridgehead atoms. The number of anilines is 1. The van der Waals surface area contributed by atoms with E-state index in [2.05, 4.69) is 10.6 Å². The zero-order chi connectivity index (χ0) is 17.1. The van der Waals surface area contributed by atoms with Crippen LogP contribution in [0.15, 0.2) is 51.7 Å². The first-order valence-electron chi connectivity index (χ1n) is 7.44. The quantitative estimate of drug-likeness (QED) is 0.761. The van der Waals surface area contributed by atoms with E-state index in [9.17, 15) is 9.59 Å². The summed E-state index contributed by atoms with van der Waals surface area (Å²) in [5.41, 5.74) is 2.80. The maximum Gasteiger partial charge on any atom is 0.420 e. The van der Waals surface area contributed by atoms with Crippen molar-refractivity contribution in [2.75, 3.05) is 11.9 Å². The molecule has 2 aromatic carbocycles. The highest BCUT2D eigenvalue weighted by Gasteiger charge is 2.10. The zero-order valence-electron chi connectivity index (χ0n) is 13.0. The van der Waals surface area contributed by atoms with E-state index in [0.29, 0.717) is 28.4 Å². The number of amides is 2. The topological polar surface area (TPSA) is 76.3 Å². The minimum Gasteiger partial charge on any atom is -0.408 e. The smallest absolute Gasteiger partial charge is 0.408 e. The van der Waals surface area contributed by atoms with Gasteiger partial charge in [0.2, 0.25) is 0 Å². The fraction of sp³-hybridized carbons (Fsp3) is 0.176. The van der Waals surface area contributed by atoms with Crippen molar-refractivity contribution < 1.29 is 9.21 Å². The summed E-state index contributed by atoms with van der Waals surface area (Å²) in [5, 5.41) is 5.81. The molecule has 2 N–H and O–H groups in total. The van der Waals surface area contributed by atoms with Gasteiger partial charge in [0.15, 0.2) is 5.58 Å². The molecule has 0 unspecified atom stereocenters. The maximum atomic E-state index is 11.9. The number of para-hydroxylation sites is 1. The van der Waals surface area contributed by atoms with Crippen LogP contribution in [0.1, 0.15) is 5.56 Å². The van der Waals surface area contributed by atoms with E-state index in [0.717, 1.165) is 5.56 Å². The van der Waals surface area contributed by atoms with Crippen LogP contribution in [0.3, 0.4) is 0 Å². The van der Waals surface area contributed by atoms with Crippen LogP contribution in [0.4, 0.5) is 10.5 Å². The van der Waals surface area contributed by atoms with Gasteiger partial charge in [-0.3, -0.25) is 4.57 Å². The van der Waals surface area contributed by atoms with Gasteiger partial charge in [0, 0.05) is 13.1 Å². The van der Waals surface area contributed by atoms with Crippen LogP contribution in [0.25, 0.3) is 11.1 Å². The number of halogens is 1. The summed E-state index contributed by atoms with van der Waals surface area (Å²) in [4.78, 5) is 23.8. The first-order valence-corrected chi connectivity index (χ1v) is 7.82. The van der Waals surface area contributed by atoms with Gasteiger partial charge in [0.25, 0.3) is 0 Å². The molecule has 124 valence electrons. The number of fused-ring (bicyclic) bond motifs is 1. The molecule has 6 nitrogen and oxygen atoms in total. The molecule has 2 amide bonds. The van der Waals surface area contributed by atoms with Crippen molar-refractivity contribution in [1.29, 1.82) is 0 Å². The summed E-state index contributed by atoms with van der Waals surface area (Å²) in [5.74, 6) is -0.441. The van der Waals surface area contributed by atoms with Crippen molar-refractivity contribution >= 4 is 34.4 Å². The molecule has 7 heteroatoms. The average molecular weight is 346 g/mol. The Morgan fingerprint density at radius 2 is 2.04 bits per heavy atom. The van der Waals surface area contributed by atoms with E-state index in [1.165, 1.54) is 4.57 Å². The lowest BCUT2D eigenvalue weighted by Crippen LogP contribution is -2.33. The van der Waals surface area contributed by atoms with E-state index >= 15 is 0 Å². The third-order valence-corrected chi connectivity index (χ3v) is 3.90. The van der Waals surface area contributed by atoms with Gasteiger partial charge in [-0.25, -0.2) is 9.59 Å². The summed E-state index contributed by atoms with van der Waals surface area (Å²) in [6.07, 6.45) is 0. The minimum absolute atomic E-state index is 0.277. The van der Waals surface area contributed by atoms with Crippen LogP contribution < -0.4 is 16.4 Å². The SMILES string of the molecule is Cc1ccc2oc(=O)n(CCNC(=O)Nc3ccccc3Cl)c2c1. The first-order chi connectivity index (χ1) is 11.5. The van der Waals surface area contributed by atoms with E-state index in [-0.39, 0.29) is 12.6 Å². The third kappa shape index (κ3) is 3.44. The van der Waals surface area contributed by atoms with Crippen LogP contribution >= 0.6 is 11.6 Å². The zero-order valence-corrected chi connectivity index (χ0v) is 13.8. The number of oxazole rings is 1. The predicted molar refractivity (Wildman–Crippen MR) is 93.7 cm³/mol. The van der Waals surface area contributed by atoms with Crippen LogP contribution in [-0.2, 0) is 6.54 Å². The number of aromatic nitrogens is 1. The maximum absolute atomic E-state index is 11.9. The van der Waals surface area contributed by atoms with Crippen molar-refractivity contribution in [2.24, 2.45) is 0 Å². The van der Waals surface area contributed by atoms with Gasteiger partial charge in [0.1, 0.15) is 0 Å². The number of aryl methyl sites for hydroxylation is 1. The van der Waals surface area contributed by atoms with Gasteiger partial charge < -0.3 is 15.1 Å². The molecule has 1 aromatic heterocycles. The summed E-state index contributed by atoms with van der Waals surface area (Å²) in [7, 11) is 0. The second kappa shape index (κ2) is 6.80. The molecule has 0 saturated heterocycles. The largest absolute Gasteiger partial charge is 0.420 e. The van der Waals surface area contributed by atoms with Crippen molar-refractivity contribution in [3.63, 3.8) is 0 Å². The lowest BCUT2D eigenvalue weighted by Gasteiger charge is -2.09. The van der Waals surface area contributed by atoms with Gasteiger partial charge in [-0.1, -0.05) is 29.8 Å². The van der Waals surface area contributed by atoms with Crippen molar-refractivity contribution in [3.05, 3.63) is 63.6 Å². The Morgan fingerprint density at radius 1 is 1.25 bits per heavy atom. The number of nitrogens with zero attached hydrogens (tertiary/aromatic N) is 1. The van der Waals surface area contributed by atoms with E-state index in [4.69, 9.17) is 16.0 Å². The van der Waals surface area contributed by atoms with Crippen molar-refractivity contribution in [2.45, 2.75) is 13.5 Å². The molecule has 0 aliphatic heterocycles. The number of hydrogen-bond acceptors (Lipinski definition) is 3. The number of urea groups is 1. The van der Waals surface area contributed by atoms with Gasteiger partial charge in [0.05, 0.1) is 16.2 Å². The molecule has 0 aliphatic rings. The van der Waals surface area contributed by atoms with Gasteiger partial charge >= 0.3 is 11.8 Å². The first kappa shape index (κ1) is 16.1. The van der Waals surface area contributed by atoms with Crippen LogP contribution in [0.5, 0.6) is 0 Å². The fourth-order valence-corrected chi connectivity index (χ4v) is 2.58. The summed E-state index contributed by atoms with van der Waals surface area (Å²) in [6, 6.07) is 12.1. The monoisotopic (exact) mass is 345 g/mol. The molecule has 24 heavy (non-hydrogen) atoms. The van der Waals surface area contributed by atoms with E-state index < -0.39 is 5.76 Å². The molecule has 0 radical (unpaired) electrons. The Labute approximate surface area is 143 Å². The molecule has 0 spiro atoms. The summed E-state index contributed by atoms with van der Waals surface area (Å²) in [6.45, 7) is 2.53. The number of benzene rings is 2. The second-order valence-corrected chi connectivity index (χ2v) is 5.76. The van der Waals surface area contributed by atoms with Gasteiger partial charge in [-0.05, 0) is 36.8 Å². The summed E-state index contributed by atoms with van der Waals surface area (Å²) >= 11 is 5.98. The molecular weight excluding hydrogens is 330 g/mol. The Bertz CT molecular complexity index is 946. The van der Waals surface area contributed by atoms with E-state index in [1.807, 2.05) is 19.1 Å². The number of carbonyl (C=O) groups is 1. The number of hydrogen-bond donors (Lipinski definition) is 2. The third-order valence-electron chi connectivity index (χ3n) is 3.57. The van der Waals surface area contributed by atoms with Crippen molar-refractivity contribution in [3.8, 4) is 0 Å². The molecule has 3 rings (SSSR count). The van der Waals surface area contributed by atoms with Crippen LogP contribution in [0.2, 0.25) is 5.02 Å². The standard InChI is InChI=1S/C17H16ClN3O3/c1-11-6-7-15-14(10-11)21(17(23)24-15)9-8-19-16(22)20-13-5-3-2-4-12(13)18/h2-7,10H,8-9H2,1H3,(H2,19,20,22). The lowest BCUT2D eigenvalue weighted by atomic mass is 10.2. The Morgan fingerprint density at radius 3 is 2.83 bits per heavy atom. The highest BCUT2D eigenvalue weighted by atomic mass is 35.5. The normalized spacial score (nSPS) is 10.8. The van der Waals surface area contributed by atoms with Crippen LogP contribution in [0, 0.1) is 6.92 Å². The highest BCUT2D eigenvalue weighted by molar-refractivity contribution is 6.33. The highest BCUT2D eigenvalue weighted by Crippen LogP contribution is 2.20. The number of nitrogens with one attached hydrogen (secondary N) is 2. The minimum atomic E-state index is -0.441. The second-order valence-electron chi connectivity index (χ2n) is 5.35. The number of carbonyl (C=O) groups excluding carboxylic acids is 1. The Kier molecular flexibility index (Phi) is 4.57. The molecular formula is C17H16ClN3O3. The van der Waals surface area contributed by atoms with Crippen molar-refractivity contribution in [1.82, 2.24) is 9.88 Å². The predicted octanol–water partition coefficient (Wildman–Crippen LogP) is 3.38. The fourth-order valence-electron chi connectivity index (χ4n) is 2.39. The molecule has 0 aliphatic carbocycles. The molecule has 3 aromatic rings. The molecule has 1 heterocycles. The molecule has 0 saturated carbocycles. The Balaban J connectivity index is 1.63. The van der Waals surface area contributed by atoms with Gasteiger partial charge in [-0.2, -0.15) is 0 Å². The molecule has 0 atom stereocenters. The summed E-state index contributed by atoms with van der Waals surface area (Å²) < 4.78 is 6.68.